The summed E-state index contributed by atoms with van der Waals surface area (Å²) < 4.78 is 13.9. The molecule has 0 saturated carbocycles. The van der Waals surface area contributed by atoms with Crippen molar-refractivity contribution < 1.29 is 9.36 Å². The summed E-state index contributed by atoms with van der Waals surface area (Å²) in [6, 6.07) is 26.1. The summed E-state index contributed by atoms with van der Waals surface area (Å²) in [6.45, 7) is 1.91. The molecule has 0 bridgehead atoms. The molecule has 0 N–H and O–H groups in total. The Morgan fingerprint density at radius 1 is 0.750 bits per heavy atom. The number of Topliss-reactive ketones (excluding diaryl/α,β-unsaturated/α-hetero) is 1. The third kappa shape index (κ3) is 3.25. The fourth-order valence-corrected chi connectivity index (χ4v) is 5.39. The number of benzene rings is 3. The summed E-state index contributed by atoms with van der Waals surface area (Å²) >= 11 is 0. The molecule has 0 spiro atoms. The molecule has 3 aromatic rings. The molecule has 120 valence electrons. The quantitative estimate of drug-likeness (QED) is 0.518. The average Bonchev–Trinajstić information content (AvgIpc) is 2.63. The van der Waals surface area contributed by atoms with Crippen molar-refractivity contribution in [3.8, 4) is 0 Å². The third-order valence-corrected chi connectivity index (χ3v) is 7.16. The van der Waals surface area contributed by atoms with Gasteiger partial charge in [-0.2, -0.15) is 0 Å². The Labute approximate surface area is 142 Å². The highest BCUT2D eigenvalue weighted by Gasteiger charge is 2.30. The molecule has 0 heterocycles. The zero-order valence-electron chi connectivity index (χ0n) is 13.6. The molecule has 3 heteroatoms. The minimum absolute atomic E-state index is 0.00583. The van der Waals surface area contributed by atoms with Gasteiger partial charge in [-0.25, -0.2) is 0 Å². The van der Waals surface area contributed by atoms with Crippen LogP contribution in [0.3, 0.4) is 0 Å². The van der Waals surface area contributed by atoms with Gasteiger partial charge in [0, 0.05) is 16.2 Å². The van der Waals surface area contributed by atoms with Crippen molar-refractivity contribution in [3.05, 3.63) is 96.1 Å². The fourth-order valence-electron chi connectivity index (χ4n) is 2.84. The number of hydrogen-bond acceptors (Lipinski definition) is 2. The van der Waals surface area contributed by atoms with Crippen molar-refractivity contribution in [2.45, 2.75) is 6.92 Å². The van der Waals surface area contributed by atoms with Gasteiger partial charge in [0.1, 0.15) is 0 Å². The predicted molar refractivity (Wildman–Crippen MR) is 100 cm³/mol. The van der Waals surface area contributed by atoms with E-state index in [9.17, 15) is 9.36 Å². The number of aryl methyl sites for hydroxylation is 1. The molecular formula is C21H19O2P. The molecule has 24 heavy (non-hydrogen) atoms. The summed E-state index contributed by atoms with van der Waals surface area (Å²) in [5, 5.41) is 1.44. The molecule has 3 aromatic carbocycles. The van der Waals surface area contributed by atoms with E-state index in [4.69, 9.17) is 0 Å². The molecule has 2 nitrogen and oxygen atoms in total. The number of ketones is 1. The van der Waals surface area contributed by atoms with E-state index in [2.05, 4.69) is 0 Å². The number of rotatable bonds is 5. The molecule has 0 unspecified atom stereocenters. The molecular weight excluding hydrogens is 315 g/mol. The van der Waals surface area contributed by atoms with E-state index in [1.807, 2.05) is 85.8 Å². The van der Waals surface area contributed by atoms with Crippen LogP contribution in [0.1, 0.15) is 15.9 Å². The van der Waals surface area contributed by atoms with Crippen molar-refractivity contribution in [2.75, 3.05) is 6.16 Å². The SMILES string of the molecule is Cc1ccccc1C(=O)CP(=O)(c1ccccc1)c1ccccc1. The summed E-state index contributed by atoms with van der Waals surface area (Å²) in [5.41, 5.74) is 1.56. The molecule has 0 saturated heterocycles. The van der Waals surface area contributed by atoms with Crippen LogP contribution in [0, 0.1) is 6.92 Å². The highest BCUT2D eigenvalue weighted by atomic mass is 31.2. The lowest BCUT2D eigenvalue weighted by Gasteiger charge is -2.19. The number of carbonyl (C=O) groups excluding carboxylic acids is 1. The van der Waals surface area contributed by atoms with Gasteiger partial charge >= 0.3 is 0 Å². The maximum Gasteiger partial charge on any atom is 0.171 e. The van der Waals surface area contributed by atoms with Gasteiger partial charge in [0.15, 0.2) is 12.9 Å². The summed E-state index contributed by atoms with van der Waals surface area (Å²) in [5.74, 6) is -0.0795. The van der Waals surface area contributed by atoms with E-state index >= 15 is 0 Å². The van der Waals surface area contributed by atoms with Crippen LogP contribution in [0.15, 0.2) is 84.9 Å². The zero-order valence-corrected chi connectivity index (χ0v) is 14.4. The van der Waals surface area contributed by atoms with Gasteiger partial charge < -0.3 is 4.57 Å². The Kier molecular flexibility index (Phi) is 4.78. The monoisotopic (exact) mass is 334 g/mol. The summed E-state index contributed by atoms with van der Waals surface area (Å²) in [4.78, 5) is 12.9. The maximum atomic E-state index is 13.9. The van der Waals surface area contributed by atoms with Crippen LogP contribution in [-0.2, 0) is 4.57 Å². The van der Waals surface area contributed by atoms with Crippen LogP contribution in [-0.4, -0.2) is 11.9 Å². The Hall–Kier alpha value is -2.44. The van der Waals surface area contributed by atoms with E-state index in [0.717, 1.165) is 16.2 Å². The Morgan fingerprint density at radius 3 is 1.71 bits per heavy atom. The zero-order chi connectivity index (χ0) is 17.0. The van der Waals surface area contributed by atoms with Crippen LogP contribution >= 0.6 is 7.14 Å². The van der Waals surface area contributed by atoms with Crippen LogP contribution in [0.4, 0.5) is 0 Å². The van der Waals surface area contributed by atoms with Crippen molar-refractivity contribution >= 4 is 23.5 Å². The highest BCUT2D eigenvalue weighted by Crippen LogP contribution is 2.43. The molecule has 0 amide bonds. The predicted octanol–water partition coefficient (Wildman–Crippen LogP) is 4.19. The molecule has 0 aliphatic rings. The number of hydrogen-bond donors (Lipinski definition) is 0. The lowest BCUT2D eigenvalue weighted by atomic mass is 10.1. The standard InChI is InChI=1S/C21H19O2P/c1-17-10-8-9-15-20(17)21(22)16-24(23,18-11-4-2-5-12-18)19-13-6-3-7-14-19/h2-15H,16H2,1H3. The van der Waals surface area contributed by atoms with Gasteiger partial charge in [0.05, 0.1) is 6.16 Å². The van der Waals surface area contributed by atoms with Crippen LogP contribution in [0.5, 0.6) is 0 Å². The lowest BCUT2D eigenvalue weighted by Crippen LogP contribution is -2.22. The van der Waals surface area contributed by atoms with Gasteiger partial charge in [-0.15, -0.1) is 0 Å². The fraction of sp³-hybridized carbons (Fsp3) is 0.0952. The smallest absolute Gasteiger partial charge is 0.171 e. The van der Waals surface area contributed by atoms with Crippen LogP contribution in [0.2, 0.25) is 0 Å². The van der Waals surface area contributed by atoms with Gasteiger partial charge in [0.2, 0.25) is 0 Å². The van der Waals surface area contributed by atoms with Crippen molar-refractivity contribution in [1.82, 2.24) is 0 Å². The maximum absolute atomic E-state index is 13.9. The second kappa shape index (κ2) is 6.98. The first-order valence-electron chi connectivity index (χ1n) is 7.90. The van der Waals surface area contributed by atoms with Crippen LogP contribution in [0.25, 0.3) is 0 Å². The van der Waals surface area contributed by atoms with Gasteiger partial charge in [-0.3, -0.25) is 4.79 Å². The number of carbonyl (C=O) groups is 1. The highest BCUT2D eigenvalue weighted by molar-refractivity contribution is 7.79. The molecule has 3 rings (SSSR count). The van der Waals surface area contributed by atoms with Crippen molar-refractivity contribution in [2.24, 2.45) is 0 Å². The summed E-state index contributed by atoms with van der Waals surface area (Å²) in [6.07, 6.45) is 0.00583. The normalized spacial score (nSPS) is 11.2. The molecule has 0 aliphatic carbocycles. The van der Waals surface area contributed by atoms with E-state index in [-0.39, 0.29) is 11.9 Å². The van der Waals surface area contributed by atoms with Gasteiger partial charge in [-0.1, -0.05) is 84.9 Å². The van der Waals surface area contributed by atoms with E-state index < -0.39 is 7.14 Å². The van der Waals surface area contributed by atoms with Gasteiger partial charge in [-0.05, 0) is 12.5 Å². The summed E-state index contributed by atoms with van der Waals surface area (Å²) in [7, 11) is -3.02. The molecule has 0 aliphatic heterocycles. The lowest BCUT2D eigenvalue weighted by molar-refractivity contribution is 0.102. The average molecular weight is 334 g/mol. The Bertz CT molecular complexity index is 842. The second-order valence-electron chi connectivity index (χ2n) is 5.81. The second-order valence-corrected chi connectivity index (χ2v) is 8.64. The minimum Gasteiger partial charge on any atom is -0.313 e. The minimum atomic E-state index is -3.02. The Balaban J connectivity index is 2.06. The third-order valence-electron chi connectivity index (χ3n) is 4.16. The van der Waals surface area contributed by atoms with E-state index in [1.165, 1.54) is 0 Å². The topological polar surface area (TPSA) is 34.1 Å². The van der Waals surface area contributed by atoms with Crippen molar-refractivity contribution in [3.63, 3.8) is 0 Å². The van der Waals surface area contributed by atoms with E-state index in [1.54, 1.807) is 6.07 Å². The Morgan fingerprint density at radius 2 is 1.21 bits per heavy atom. The first kappa shape index (κ1) is 16.4. The first-order chi connectivity index (χ1) is 11.6. The molecule has 0 atom stereocenters. The molecule has 0 fully saturated rings. The van der Waals surface area contributed by atoms with Gasteiger partial charge in [0.25, 0.3) is 0 Å². The van der Waals surface area contributed by atoms with E-state index in [0.29, 0.717) is 5.56 Å². The molecule has 0 aromatic heterocycles. The van der Waals surface area contributed by atoms with Crippen LogP contribution < -0.4 is 10.6 Å². The largest absolute Gasteiger partial charge is 0.313 e. The van der Waals surface area contributed by atoms with Crippen molar-refractivity contribution in [1.29, 1.82) is 0 Å². The first-order valence-corrected chi connectivity index (χ1v) is 9.79. The molecule has 0 radical (unpaired) electrons.